The van der Waals surface area contributed by atoms with Gasteiger partial charge in [0.05, 0.1) is 12.3 Å². The van der Waals surface area contributed by atoms with Gasteiger partial charge < -0.3 is 10.1 Å². The first-order valence-electron chi connectivity index (χ1n) is 8.59. The van der Waals surface area contributed by atoms with Gasteiger partial charge in [-0.1, -0.05) is 28.1 Å². The van der Waals surface area contributed by atoms with E-state index in [1.165, 1.54) is 17.0 Å². The number of hydrogen-bond donors (Lipinski definition) is 1. The number of benzene rings is 2. The number of nitrogens with zero attached hydrogens (tertiary/aromatic N) is 2. The van der Waals surface area contributed by atoms with Gasteiger partial charge in [0, 0.05) is 22.6 Å². The third kappa shape index (κ3) is 4.40. The maximum Gasteiger partial charge on any atom is 0.321 e. The van der Waals surface area contributed by atoms with Crippen LogP contribution in [0.15, 0.2) is 75.0 Å². The number of hydrogen-bond acceptors (Lipinski definition) is 4. The highest BCUT2D eigenvalue weighted by Crippen LogP contribution is 2.20. The minimum Gasteiger partial charge on any atom is -0.492 e. The summed E-state index contributed by atoms with van der Waals surface area (Å²) in [5.41, 5.74) is -0.482. The predicted octanol–water partition coefficient (Wildman–Crippen LogP) is 2.80. The smallest absolute Gasteiger partial charge is 0.321 e. The lowest BCUT2D eigenvalue weighted by Gasteiger charge is -2.13. The normalized spacial score (nSPS) is 10.5. The third-order valence-corrected chi connectivity index (χ3v) is 4.45. The second-order valence-corrected chi connectivity index (χ2v) is 6.78. The quantitative estimate of drug-likeness (QED) is 0.593. The summed E-state index contributed by atoms with van der Waals surface area (Å²) in [6.45, 7) is 2.00. The molecule has 8 heteroatoms. The Morgan fingerprint density at radius 1 is 1.04 bits per heavy atom. The highest BCUT2D eigenvalue weighted by Gasteiger charge is 2.12. The Balaban J connectivity index is 1.85. The van der Waals surface area contributed by atoms with Gasteiger partial charge in [-0.05, 0) is 43.3 Å². The average Bonchev–Trinajstić information content (AvgIpc) is 2.68. The first-order valence-corrected chi connectivity index (χ1v) is 9.38. The van der Waals surface area contributed by atoms with Crippen LogP contribution >= 0.6 is 15.9 Å². The second-order valence-electron chi connectivity index (χ2n) is 5.86. The molecule has 0 aliphatic rings. The van der Waals surface area contributed by atoms with Crippen molar-refractivity contribution in [3.05, 3.63) is 86.1 Å². The first kappa shape index (κ1) is 19.6. The topological polar surface area (TPSA) is 82.3 Å². The number of halogens is 1. The summed E-state index contributed by atoms with van der Waals surface area (Å²) in [5.74, 6) is 0.0912. The lowest BCUT2D eigenvalue weighted by Crippen LogP contribution is -2.41. The van der Waals surface area contributed by atoms with E-state index in [4.69, 9.17) is 4.74 Å². The minimum atomic E-state index is -0.792. The van der Waals surface area contributed by atoms with Crippen LogP contribution in [0.3, 0.4) is 0 Å². The van der Waals surface area contributed by atoms with Crippen molar-refractivity contribution < 1.29 is 9.53 Å². The second kappa shape index (κ2) is 8.71. The van der Waals surface area contributed by atoms with Gasteiger partial charge in [0.15, 0.2) is 0 Å². The van der Waals surface area contributed by atoms with Crippen molar-refractivity contribution >= 4 is 27.5 Å². The number of anilines is 1. The van der Waals surface area contributed by atoms with Crippen LogP contribution in [0.2, 0.25) is 0 Å². The van der Waals surface area contributed by atoms with E-state index in [0.717, 1.165) is 9.04 Å². The molecule has 0 aliphatic carbocycles. The molecule has 0 saturated carbocycles. The summed E-state index contributed by atoms with van der Waals surface area (Å²) < 4.78 is 8.70. The van der Waals surface area contributed by atoms with E-state index >= 15 is 0 Å². The molecule has 2 aromatic carbocycles. The minimum absolute atomic E-state index is 0.266. The SMILES string of the molecule is CCOc1ccccc1-n1ccn(CC(=O)Nc2ccc(Br)cc2)c(=O)c1=O. The molecule has 1 aromatic heterocycles. The van der Waals surface area contributed by atoms with Crippen molar-refractivity contribution in [1.82, 2.24) is 9.13 Å². The van der Waals surface area contributed by atoms with Gasteiger partial charge in [-0.15, -0.1) is 0 Å². The van der Waals surface area contributed by atoms with E-state index in [9.17, 15) is 14.4 Å². The van der Waals surface area contributed by atoms with Crippen LogP contribution in [-0.4, -0.2) is 21.6 Å². The van der Waals surface area contributed by atoms with E-state index in [2.05, 4.69) is 21.2 Å². The molecule has 0 atom stereocenters. The number of aromatic nitrogens is 2. The summed E-state index contributed by atoms with van der Waals surface area (Å²) in [4.78, 5) is 37.2. The van der Waals surface area contributed by atoms with Gasteiger partial charge in [0.2, 0.25) is 5.91 Å². The molecular formula is C20H18BrN3O4. The van der Waals surface area contributed by atoms with E-state index in [-0.39, 0.29) is 6.54 Å². The van der Waals surface area contributed by atoms with E-state index in [0.29, 0.717) is 23.7 Å². The van der Waals surface area contributed by atoms with Gasteiger partial charge in [-0.25, -0.2) is 0 Å². The molecular weight excluding hydrogens is 426 g/mol. The zero-order chi connectivity index (χ0) is 20.1. The largest absolute Gasteiger partial charge is 0.492 e. The van der Waals surface area contributed by atoms with Crippen molar-refractivity contribution in [2.45, 2.75) is 13.5 Å². The molecule has 1 heterocycles. The van der Waals surface area contributed by atoms with Gasteiger partial charge in [0.1, 0.15) is 12.3 Å². The number of ether oxygens (including phenoxy) is 1. The Hall–Kier alpha value is -3.13. The van der Waals surface area contributed by atoms with E-state index < -0.39 is 17.0 Å². The first-order chi connectivity index (χ1) is 13.5. The molecule has 0 unspecified atom stereocenters. The number of para-hydroxylation sites is 2. The Kier molecular flexibility index (Phi) is 6.10. The van der Waals surface area contributed by atoms with Crippen molar-refractivity contribution in [2.24, 2.45) is 0 Å². The van der Waals surface area contributed by atoms with Crippen molar-refractivity contribution in [2.75, 3.05) is 11.9 Å². The standard InChI is InChI=1S/C20H18BrN3O4/c1-2-28-17-6-4-3-5-16(17)24-12-11-23(19(26)20(24)27)13-18(25)22-15-9-7-14(21)8-10-15/h3-12H,2,13H2,1H3,(H,22,25). The Morgan fingerprint density at radius 3 is 2.46 bits per heavy atom. The lowest BCUT2D eigenvalue weighted by atomic mass is 10.3. The number of amides is 1. The van der Waals surface area contributed by atoms with Gasteiger partial charge in [-0.2, -0.15) is 0 Å². The fraction of sp³-hybridized carbons (Fsp3) is 0.150. The van der Waals surface area contributed by atoms with Crippen LogP contribution in [0, 0.1) is 0 Å². The average molecular weight is 444 g/mol. The monoisotopic (exact) mass is 443 g/mol. The zero-order valence-corrected chi connectivity index (χ0v) is 16.7. The van der Waals surface area contributed by atoms with Crippen LogP contribution < -0.4 is 21.2 Å². The van der Waals surface area contributed by atoms with Crippen molar-refractivity contribution in [3.8, 4) is 11.4 Å². The fourth-order valence-corrected chi connectivity index (χ4v) is 2.91. The highest BCUT2D eigenvalue weighted by molar-refractivity contribution is 9.10. The molecule has 0 saturated heterocycles. The summed E-state index contributed by atoms with van der Waals surface area (Å²) in [5, 5.41) is 2.69. The maximum atomic E-state index is 12.6. The van der Waals surface area contributed by atoms with Crippen LogP contribution in [0.1, 0.15) is 6.92 Å². The van der Waals surface area contributed by atoms with Crippen LogP contribution in [0.4, 0.5) is 5.69 Å². The predicted molar refractivity (Wildman–Crippen MR) is 110 cm³/mol. The highest BCUT2D eigenvalue weighted by atomic mass is 79.9. The molecule has 7 nitrogen and oxygen atoms in total. The molecule has 0 spiro atoms. The van der Waals surface area contributed by atoms with Crippen molar-refractivity contribution in [3.63, 3.8) is 0 Å². The lowest BCUT2D eigenvalue weighted by molar-refractivity contribution is -0.116. The molecule has 3 rings (SSSR count). The maximum absolute atomic E-state index is 12.6. The molecule has 0 bridgehead atoms. The van der Waals surface area contributed by atoms with Gasteiger partial charge in [0.25, 0.3) is 0 Å². The van der Waals surface area contributed by atoms with Gasteiger partial charge in [-0.3, -0.25) is 23.5 Å². The van der Waals surface area contributed by atoms with Crippen LogP contribution in [-0.2, 0) is 11.3 Å². The third-order valence-electron chi connectivity index (χ3n) is 3.92. The van der Waals surface area contributed by atoms with Crippen LogP contribution in [0.25, 0.3) is 5.69 Å². The molecule has 1 amide bonds. The summed E-state index contributed by atoms with van der Waals surface area (Å²) >= 11 is 3.32. The molecule has 0 fully saturated rings. The fourth-order valence-electron chi connectivity index (χ4n) is 2.64. The van der Waals surface area contributed by atoms with E-state index in [1.807, 2.05) is 6.92 Å². The Bertz CT molecular complexity index is 1100. The van der Waals surface area contributed by atoms with Gasteiger partial charge >= 0.3 is 11.1 Å². The number of rotatable bonds is 6. The molecule has 3 aromatic rings. The summed E-state index contributed by atoms with van der Waals surface area (Å²) in [7, 11) is 0. The molecule has 144 valence electrons. The van der Waals surface area contributed by atoms with Crippen molar-refractivity contribution in [1.29, 1.82) is 0 Å². The number of nitrogens with one attached hydrogen (secondary N) is 1. The number of carbonyl (C=O) groups is 1. The van der Waals surface area contributed by atoms with E-state index in [1.54, 1.807) is 48.5 Å². The summed E-state index contributed by atoms with van der Waals surface area (Å²) in [6.07, 6.45) is 2.86. The Labute approximate surface area is 169 Å². The number of carbonyl (C=O) groups excluding carboxylic acids is 1. The zero-order valence-electron chi connectivity index (χ0n) is 15.1. The molecule has 28 heavy (non-hydrogen) atoms. The Morgan fingerprint density at radius 2 is 1.75 bits per heavy atom. The van der Waals surface area contributed by atoms with Crippen LogP contribution in [0.5, 0.6) is 5.75 Å². The summed E-state index contributed by atoms with van der Waals surface area (Å²) in [6, 6.07) is 14.0. The molecule has 0 radical (unpaired) electrons. The molecule has 0 aliphatic heterocycles. The molecule has 1 N–H and O–H groups in total.